The number of hydrogen-bond acceptors (Lipinski definition) is 7. The van der Waals surface area contributed by atoms with Crippen LogP contribution in [0.4, 0.5) is 0 Å². The van der Waals surface area contributed by atoms with E-state index < -0.39 is 0 Å². The molecule has 0 atom stereocenters. The molecule has 0 N–H and O–H groups in total. The monoisotopic (exact) mass is 410 g/mol. The van der Waals surface area contributed by atoms with Crippen LogP contribution in [0.3, 0.4) is 0 Å². The molecule has 2 heterocycles. The van der Waals surface area contributed by atoms with Crippen molar-refractivity contribution in [2.45, 2.75) is 23.4 Å². The lowest BCUT2D eigenvalue weighted by Crippen LogP contribution is -2.07. The number of rotatable bonds is 7. The minimum absolute atomic E-state index is 0.220. The number of thioether (sulfide) groups is 1. The first-order valence-electron chi connectivity index (χ1n) is 7.58. The topological polar surface area (TPSA) is 52.1 Å². The highest BCUT2D eigenvalue weighted by molar-refractivity contribution is 8.00. The van der Waals surface area contributed by atoms with Gasteiger partial charge in [0, 0.05) is 22.1 Å². The lowest BCUT2D eigenvalue weighted by molar-refractivity contribution is -0.142. The molecule has 8 heteroatoms. The van der Waals surface area contributed by atoms with E-state index in [1.165, 1.54) is 11.3 Å². The molecule has 0 bridgehead atoms. The molecule has 0 saturated carbocycles. The van der Waals surface area contributed by atoms with Crippen LogP contribution in [0.2, 0.25) is 5.02 Å². The molecule has 4 nitrogen and oxygen atoms in total. The van der Waals surface area contributed by atoms with Crippen molar-refractivity contribution >= 4 is 52.0 Å². The van der Waals surface area contributed by atoms with E-state index in [9.17, 15) is 4.79 Å². The summed E-state index contributed by atoms with van der Waals surface area (Å²) in [6.45, 7) is 2.19. The first-order valence-corrected chi connectivity index (χ1v) is 10.7. The Morgan fingerprint density at radius 3 is 2.80 bits per heavy atom. The van der Waals surface area contributed by atoms with Crippen LogP contribution >= 0.6 is 46.0 Å². The Hall–Kier alpha value is -1.41. The minimum Gasteiger partial charge on any atom is -0.466 e. The summed E-state index contributed by atoms with van der Waals surface area (Å²) in [7, 11) is 0. The van der Waals surface area contributed by atoms with E-state index in [1.54, 1.807) is 30.0 Å². The van der Waals surface area contributed by atoms with Crippen molar-refractivity contribution in [3.63, 3.8) is 0 Å². The van der Waals surface area contributed by atoms with Crippen molar-refractivity contribution < 1.29 is 9.53 Å². The summed E-state index contributed by atoms with van der Waals surface area (Å²) in [6.07, 6.45) is 0.220. The van der Waals surface area contributed by atoms with Gasteiger partial charge in [0.2, 0.25) is 0 Å². The highest BCUT2D eigenvalue weighted by Gasteiger charge is 2.11. The van der Waals surface area contributed by atoms with Gasteiger partial charge in [0.05, 0.1) is 29.4 Å². The number of esters is 1. The fourth-order valence-electron chi connectivity index (χ4n) is 2.06. The molecule has 1 aromatic carbocycles. The first-order chi connectivity index (χ1) is 12.2. The predicted octanol–water partition coefficient (Wildman–Crippen LogP) is 5.32. The van der Waals surface area contributed by atoms with Crippen molar-refractivity contribution in [3.8, 4) is 10.6 Å². The predicted molar refractivity (Wildman–Crippen MR) is 105 cm³/mol. The number of aromatic nitrogens is 2. The van der Waals surface area contributed by atoms with Gasteiger partial charge in [-0.15, -0.1) is 22.7 Å². The van der Waals surface area contributed by atoms with Gasteiger partial charge in [-0.2, -0.15) is 0 Å². The van der Waals surface area contributed by atoms with Gasteiger partial charge < -0.3 is 4.74 Å². The molecule has 0 unspecified atom stereocenters. The summed E-state index contributed by atoms with van der Waals surface area (Å²) in [5.74, 6) is 0.487. The maximum absolute atomic E-state index is 11.5. The van der Waals surface area contributed by atoms with Gasteiger partial charge in [0.15, 0.2) is 4.34 Å². The number of benzene rings is 1. The molecular formula is C17H15ClN2O2S3. The van der Waals surface area contributed by atoms with Crippen LogP contribution in [0, 0.1) is 0 Å². The molecule has 0 radical (unpaired) electrons. The van der Waals surface area contributed by atoms with Crippen molar-refractivity contribution in [1.29, 1.82) is 0 Å². The van der Waals surface area contributed by atoms with Gasteiger partial charge in [0.1, 0.15) is 5.01 Å². The van der Waals surface area contributed by atoms with Crippen LogP contribution in [-0.4, -0.2) is 22.5 Å². The lowest BCUT2D eigenvalue weighted by Gasteiger charge is -1.99. The van der Waals surface area contributed by atoms with Crippen LogP contribution in [0.15, 0.2) is 39.4 Å². The average molecular weight is 411 g/mol. The second kappa shape index (κ2) is 8.80. The first kappa shape index (κ1) is 18.4. The molecule has 25 heavy (non-hydrogen) atoms. The number of thiazole rings is 2. The smallest absolute Gasteiger partial charge is 0.311 e. The second-order valence-electron chi connectivity index (χ2n) is 5.00. The molecule has 3 rings (SSSR count). The summed E-state index contributed by atoms with van der Waals surface area (Å²) in [6, 6.07) is 7.71. The summed E-state index contributed by atoms with van der Waals surface area (Å²) in [4.78, 5) is 20.6. The van der Waals surface area contributed by atoms with Crippen LogP contribution in [0.25, 0.3) is 10.6 Å². The third-order valence-corrected chi connectivity index (χ3v) is 6.52. The Labute approximate surface area is 163 Å². The van der Waals surface area contributed by atoms with Gasteiger partial charge in [-0.1, -0.05) is 41.6 Å². The van der Waals surface area contributed by atoms with Crippen molar-refractivity contribution in [2.24, 2.45) is 0 Å². The number of ether oxygens (including phenoxy) is 1. The third kappa shape index (κ3) is 5.04. The van der Waals surface area contributed by atoms with Crippen molar-refractivity contribution in [1.82, 2.24) is 9.97 Å². The van der Waals surface area contributed by atoms with Crippen LogP contribution in [0.1, 0.15) is 18.3 Å². The van der Waals surface area contributed by atoms with E-state index >= 15 is 0 Å². The zero-order valence-corrected chi connectivity index (χ0v) is 16.6. The number of carbonyl (C=O) groups is 1. The molecule has 0 aliphatic heterocycles. The number of hydrogen-bond donors (Lipinski definition) is 0. The second-order valence-corrected chi connectivity index (χ2v) is 8.34. The maximum atomic E-state index is 11.5. The molecule has 130 valence electrons. The summed E-state index contributed by atoms with van der Waals surface area (Å²) < 4.78 is 5.86. The molecule has 0 spiro atoms. The fraction of sp³-hybridized carbons (Fsp3) is 0.235. The highest BCUT2D eigenvalue weighted by atomic mass is 35.5. The van der Waals surface area contributed by atoms with E-state index in [2.05, 4.69) is 9.97 Å². The Balaban J connectivity index is 1.59. The van der Waals surface area contributed by atoms with Crippen molar-refractivity contribution in [2.75, 3.05) is 6.61 Å². The van der Waals surface area contributed by atoms with Gasteiger partial charge in [-0.3, -0.25) is 4.79 Å². The zero-order valence-electron chi connectivity index (χ0n) is 13.4. The summed E-state index contributed by atoms with van der Waals surface area (Å²) >= 11 is 11.0. The molecule has 0 aliphatic rings. The molecule has 0 amide bonds. The molecule has 0 saturated heterocycles. The quantitative estimate of drug-likeness (QED) is 0.389. The maximum Gasteiger partial charge on any atom is 0.311 e. The van der Waals surface area contributed by atoms with E-state index in [0.29, 0.717) is 11.6 Å². The fourth-order valence-corrected chi connectivity index (χ4v) is 5.05. The zero-order chi connectivity index (χ0) is 17.6. The average Bonchev–Trinajstić information content (AvgIpc) is 3.23. The molecule has 0 aliphatic carbocycles. The Morgan fingerprint density at radius 1 is 1.20 bits per heavy atom. The van der Waals surface area contributed by atoms with E-state index in [0.717, 1.165) is 32.1 Å². The van der Waals surface area contributed by atoms with Crippen LogP contribution < -0.4 is 0 Å². The summed E-state index contributed by atoms with van der Waals surface area (Å²) in [5.41, 5.74) is 2.70. The van der Waals surface area contributed by atoms with E-state index in [-0.39, 0.29) is 12.4 Å². The van der Waals surface area contributed by atoms with E-state index in [4.69, 9.17) is 16.3 Å². The van der Waals surface area contributed by atoms with Crippen LogP contribution in [-0.2, 0) is 21.7 Å². The van der Waals surface area contributed by atoms with Crippen LogP contribution in [0.5, 0.6) is 0 Å². The van der Waals surface area contributed by atoms with Crippen molar-refractivity contribution in [3.05, 3.63) is 51.4 Å². The molecule has 2 aromatic heterocycles. The number of nitrogens with zero attached hydrogens (tertiary/aromatic N) is 2. The Kier molecular flexibility index (Phi) is 6.47. The Morgan fingerprint density at radius 2 is 2.00 bits per heavy atom. The summed E-state index contributed by atoms with van der Waals surface area (Å²) in [5, 5.41) is 5.57. The Bertz CT molecular complexity index is 863. The lowest BCUT2D eigenvalue weighted by atomic mass is 10.2. The SMILES string of the molecule is CCOC(=O)Cc1csc(SCc2csc(-c3ccccc3Cl)n2)n1. The van der Waals surface area contributed by atoms with Gasteiger partial charge in [-0.25, -0.2) is 9.97 Å². The molecule has 0 fully saturated rings. The number of carbonyl (C=O) groups excluding carboxylic acids is 1. The largest absolute Gasteiger partial charge is 0.466 e. The highest BCUT2D eigenvalue weighted by Crippen LogP contribution is 2.32. The van der Waals surface area contributed by atoms with Gasteiger partial charge in [-0.05, 0) is 13.0 Å². The van der Waals surface area contributed by atoms with E-state index in [1.807, 2.05) is 35.0 Å². The number of halogens is 1. The standard InChI is InChI=1S/C17H15ClN2O2S3/c1-2-22-15(21)7-11-8-24-17(20-11)25-10-12-9-23-16(19-12)13-5-3-4-6-14(13)18/h3-6,8-9H,2,7,10H2,1H3. The molecular weight excluding hydrogens is 396 g/mol. The van der Waals surface area contributed by atoms with Gasteiger partial charge in [0.25, 0.3) is 0 Å². The molecule has 3 aromatic rings. The normalized spacial score (nSPS) is 10.8. The third-order valence-electron chi connectivity index (χ3n) is 3.16. The minimum atomic E-state index is -0.242. The van der Waals surface area contributed by atoms with Gasteiger partial charge >= 0.3 is 5.97 Å².